The van der Waals surface area contributed by atoms with Crippen molar-refractivity contribution in [3.63, 3.8) is 0 Å². The minimum absolute atomic E-state index is 0.348. The molecule has 1 aromatic heterocycles. The van der Waals surface area contributed by atoms with E-state index >= 15 is 0 Å². The molecule has 4 heteroatoms. The molecule has 0 aliphatic carbocycles. The van der Waals surface area contributed by atoms with Gasteiger partial charge in [0, 0.05) is 36.0 Å². The second-order valence-corrected chi connectivity index (χ2v) is 7.01. The summed E-state index contributed by atoms with van der Waals surface area (Å²) in [6.45, 7) is 6.83. The van der Waals surface area contributed by atoms with Crippen LogP contribution < -0.4 is 4.90 Å². The summed E-state index contributed by atoms with van der Waals surface area (Å²) in [6.07, 6.45) is 3.72. The van der Waals surface area contributed by atoms with E-state index < -0.39 is 0 Å². The molecule has 0 N–H and O–H groups in total. The molecule has 2 heterocycles. The summed E-state index contributed by atoms with van der Waals surface area (Å²) in [4.78, 5) is 6.53. The van der Waals surface area contributed by atoms with Gasteiger partial charge in [-0.05, 0) is 35.8 Å². The van der Waals surface area contributed by atoms with Crippen molar-refractivity contribution in [2.24, 2.45) is 0 Å². The molecule has 0 bridgehead atoms. The Kier molecular flexibility index (Phi) is 3.26. The van der Waals surface area contributed by atoms with Crippen LogP contribution in [-0.4, -0.2) is 28.6 Å². The van der Waals surface area contributed by atoms with Crippen LogP contribution in [0.15, 0.2) is 22.9 Å². The SMILES string of the molecule is CC1(C)CN(c2ccncc2Br)CCS1. The van der Waals surface area contributed by atoms with Crippen molar-refractivity contribution in [3.8, 4) is 0 Å². The fourth-order valence-corrected chi connectivity index (χ4v) is 3.46. The number of hydrogen-bond acceptors (Lipinski definition) is 3. The van der Waals surface area contributed by atoms with Gasteiger partial charge in [0.05, 0.1) is 10.2 Å². The average molecular weight is 287 g/mol. The summed E-state index contributed by atoms with van der Waals surface area (Å²) in [5, 5.41) is 0. The fourth-order valence-electron chi connectivity index (χ4n) is 1.85. The molecule has 0 spiro atoms. The van der Waals surface area contributed by atoms with Crippen molar-refractivity contribution in [2.75, 3.05) is 23.7 Å². The number of thioether (sulfide) groups is 1. The predicted molar refractivity (Wildman–Crippen MR) is 70.7 cm³/mol. The maximum absolute atomic E-state index is 4.10. The van der Waals surface area contributed by atoms with Gasteiger partial charge in [0.2, 0.25) is 0 Å². The van der Waals surface area contributed by atoms with Crippen molar-refractivity contribution in [1.29, 1.82) is 0 Å². The summed E-state index contributed by atoms with van der Waals surface area (Å²) in [7, 11) is 0. The molecular formula is C11H15BrN2S. The Morgan fingerprint density at radius 1 is 1.53 bits per heavy atom. The first-order valence-electron chi connectivity index (χ1n) is 5.07. The predicted octanol–water partition coefficient (Wildman–Crippen LogP) is 3.18. The maximum atomic E-state index is 4.10. The van der Waals surface area contributed by atoms with Crippen LogP contribution in [0.2, 0.25) is 0 Å². The molecule has 1 aliphatic rings. The van der Waals surface area contributed by atoms with Crippen molar-refractivity contribution >= 4 is 33.4 Å². The number of nitrogens with zero attached hydrogens (tertiary/aromatic N) is 2. The Labute approximate surface area is 104 Å². The van der Waals surface area contributed by atoms with Crippen molar-refractivity contribution in [3.05, 3.63) is 22.9 Å². The highest BCUT2D eigenvalue weighted by Crippen LogP contribution is 2.34. The van der Waals surface area contributed by atoms with Gasteiger partial charge in [0.25, 0.3) is 0 Å². The highest BCUT2D eigenvalue weighted by Gasteiger charge is 2.27. The zero-order valence-corrected chi connectivity index (χ0v) is 11.4. The lowest BCUT2D eigenvalue weighted by molar-refractivity contribution is 0.647. The standard InChI is InChI=1S/C11H15BrN2S/c1-11(2)8-14(5-6-15-11)10-3-4-13-7-9(10)12/h3-4,7H,5-6,8H2,1-2H3. The Morgan fingerprint density at radius 2 is 2.33 bits per heavy atom. The van der Waals surface area contributed by atoms with Gasteiger partial charge in [0.15, 0.2) is 0 Å². The number of pyridine rings is 1. The van der Waals surface area contributed by atoms with E-state index in [0.717, 1.165) is 17.6 Å². The summed E-state index contributed by atoms with van der Waals surface area (Å²) in [5.74, 6) is 1.20. The largest absolute Gasteiger partial charge is 0.368 e. The first-order valence-corrected chi connectivity index (χ1v) is 6.85. The monoisotopic (exact) mass is 286 g/mol. The van der Waals surface area contributed by atoms with Crippen LogP contribution in [0.3, 0.4) is 0 Å². The highest BCUT2D eigenvalue weighted by atomic mass is 79.9. The van der Waals surface area contributed by atoms with Gasteiger partial charge in [-0.3, -0.25) is 4.98 Å². The lowest BCUT2D eigenvalue weighted by atomic mass is 10.1. The van der Waals surface area contributed by atoms with E-state index in [9.17, 15) is 0 Å². The van der Waals surface area contributed by atoms with E-state index in [-0.39, 0.29) is 0 Å². The molecule has 0 amide bonds. The summed E-state index contributed by atoms with van der Waals surface area (Å²) < 4.78 is 1.44. The van der Waals surface area contributed by atoms with Gasteiger partial charge in [-0.15, -0.1) is 0 Å². The summed E-state index contributed by atoms with van der Waals surface area (Å²) in [6, 6.07) is 2.08. The highest BCUT2D eigenvalue weighted by molar-refractivity contribution is 9.10. The number of hydrogen-bond donors (Lipinski definition) is 0. The van der Waals surface area contributed by atoms with Gasteiger partial charge in [0.1, 0.15) is 0 Å². The number of rotatable bonds is 1. The lowest BCUT2D eigenvalue weighted by Crippen LogP contribution is -2.43. The Morgan fingerprint density at radius 3 is 3.00 bits per heavy atom. The molecule has 2 rings (SSSR count). The van der Waals surface area contributed by atoms with Crippen LogP contribution in [0.25, 0.3) is 0 Å². The number of halogens is 1. The number of aromatic nitrogens is 1. The van der Waals surface area contributed by atoms with Gasteiger partial charge < -0.3 is 4.90 Å². The quantitative estimate of drug-likeness (QED) is 0.789. The van der Waals surface area contributed by atoms with E-state index in [1.165, 1.54) is 11.4 Å². The molecular weight excluding hydrogens is 272 g/mol. The van der Waals surface area contributed by atoms with E-state index in [4.69, 9.17) is 0 Å². The summed E-state index contributed by atoms with van der Waals surface area (Å²) >= 11 is 5.61. The normalized spacial score (nSPS) is 20.3. The minimum atomic E-state index is 0.348. The third-order valence-corrected chi connectivity index (χ3v) is 4.43. The van der Waals surface area contributed by atoms with Crippen LogP contribution in [0, 0.1) is 0 Å². The minimum Gasteiger partial charge on any atom is -0.368 e. The van der Waals surface area contributed by atoms with E-state index in [1.54, 1.807) is 0 Å². The number of anilines is 1. The molecule has 0 radical (unpaired) electrons. The van der Waals surface area contributed by atoms with Crippen LogP contribution in [-0.2, 0) is 0 Å². The fraction of sp³-hybridized carbons (Fsp3) is 0.545. The molecule has 1 aromatic rings. The van der Waals surface area contributed by atoms with Gasteiger partial charge in [-0.2, -0.15) is 11.8 Å². The van der Waals surface area contributed by atoms with Crippen molar-refractivity contribution in [1.82, 2.24) is 4.98 Å². The van der Waals surface area contributed by atoms with E-state index in [2.05, 4.69) is 57.5 Å². The van der Waals surface area contributed by atoms with Gasteiger partial charge in [-0.25, -0.2) is 0 Å². The Hall–Kier alpha value is -0.220. The lowest BCUT2D eigenvalue weighted by Gasteiger charge is -2.39. The molecule has 0 unspecified atom stereocenters. The van der Waals surface area contributed by atoms with Crippen LogP contribution in [0.5, 0.6) is 0 Å². The topological polar surface area (TPSA) is 16.1 Å². The third kappa shape index (κ3) is 2.67. The maximum Gasteiger partial charge on any atom is 0.0592 e. The van der Waals surface area contributed by atoms with E-state index in [1.807, 2.05) is 12.4 Å². The molecule has 0 atom stereocenters. The average Bonchev–Trinajstić information content (AvgIpc) is 2.17. The van der Waals surface area contributed by atoms with Crippen molar-refractivity contribution in [2.45, 2.75) is 18.6 Å². The first-order chi connectivity index (χ1) is 7.08. The molecule has 0 saturated carbocycles. The Bertz CT molecular complexity index is 354. The molecule has 1 saturated heterocycles. The van der Waals surface area contributed by atoms with E-state index in [0.29, 0.717) is 4.75 Å². The molecule has 82 valence electrons. The molecule has 1 fully saturated rings. The molecule has 1 aliphatic heterocycles. The smallest absolute Gasteiger partial charge is 0.0592 e. The van der Waals surface area contributed by atoms with Crippen LogP contribution >= 0.6 is 27.7 Å². The van der Waals surface area contributed by atoms with Gasteiger partial charge >= 0.3 is 0 Å². The zero-order chi connectivity index (χ0) is 10.9. The molecule has 2 nitrogen and oxygen atoms in total. The molecule has 0 aromatic carbocycles. The van der Waals surface area contributed by atoms with Crippen molar-refractivity contribution < 1.29 is 0 Å². The summed E-state index contributed by atoms with van der Waals surface area (Å²) in [5.41, 5.74) is 1.26. The second kappa shape index (κ2) is 4.34. The zero-order valence-electron chi connectivity index (χ0n) is 9.03. The van der Waals surface area contributed by atoms with Crippen LogP contribution in [0.1, 0.15) is 13.8 Å². The third-order valence-electron chi connectivity index (χ3n) is 2.52. The van der Waals surface area contributed by atoms with Crippen LogP contribution in [0.4, 0.5) is 5.69 Å². The van der Waals surface area contributed by atoms with Gasteiger partial charge in [-0.1, -0.05) is 0 Å². The molecule has 15 heavy (non-hydrogen) atoms. The second-order valence-electron chi connectivity index (χ2n) is 4.36. The Balaban J connectivity index is 2.21. The first kappa shape index (κ1) is 11.3.